The molecule has 1 unspecified atom stereocenters. The van der Waals surface area contributed by atoms with E-state index in [0.29, 0.717) is 16.3 Å². The van der Waals surface area contributed by atoms with E-state index in [0.717, 1.165) is 12.1 Å². The number of hydrazone groups is 1. The Morgan fingerprint density at radius 3 is 2.67 bits per heavy atom. The van der Waals surface area contributed by atoms with E-state index in [-0.39, 0.29) is 54.4 Å². The third-order valence-corrected chi connectivity index (χ3v) is 7.27. The van der Waals surface area contributed by atoms with Gasteiger partial charge in [-0.15, -0.1) is 13.2 Å². The van der Waals surface area contributed by atoms with Crippen molar-refractivity contribution in [2.45, 2.75) is 37.9 Å². The Hall–Kier alpha value is -3.77. The molecule has 11 nitrogen and oxygen atoms in total. The number of aliphatic hydroxyl groups is 1. The second-order valence-corrected chi connectivity index (χ2v) is 10.1. The van der Waals surface area contributed by atoms with Crippen LogP contribution in [0.5, 0.6) is 11.5 Å². The van der Waals surface area contributed by atoms with E-state index in [2.05, 4.69) is 25.5 Å². The smallest absolute Gasteiger partial charge is 0.494 e. The molecule has 0 bridgehead atoms. The molecule has 1 saturated heterocycles. The summed E-state index contributed by atoms with van der Waals surface area (Å²) in [6.07, 6.45) is -3.60. The lowest BCUT2D eigenvalue weighted by Crippen LogP contribution is -2.53. The van der Waals surface area contributed by atoms with Crippen LogP contribution in [0.25, 0.3) is 0 Å². The van der Waals surface area contributed by atoms with Gasteiger partial charge in [0, 0.05) is 24.7 Å². The molecule has 0 radical (unpaired) electrons. The van der Waals surface area contributed by atoms with Gasteiger partial charge < -0.3 is 24.8 Å². The van der Waals surface area contributed by atoms with Crippen LogP contribution in [0.1, 0.15) is 18.9 Å². The molecule has 2 aliphatic rings. The van der Waals surface area contributed by atoms with Crippen molar-refractivity contribution < 1.29 is 32.5 Å². The highest BCUT2D eigenvalue weighted by Crippen LogP contribution is 2.35. The number of carbonyl (C=O) groups is 1. The minimum absolute atomic E-state index is 0.0129. The van der Waals surface area contributed by atoms with Crippen molar-refractivity contribution in [3.05, 3.63) is 52.0 Å². The number of alkyl halides is 3. The van der Waals surface area contributed by atoms with Gasteiger partial charge in [-0.25, -0.2) is 10.0 Å². The molecule has 42 heavy (non-hydrogen) atoms. The second kappa shape index (κ2) is 13.0. The molecule has 0 saturated carbocycles. The van der Waals surface area contributed by atoms with E-state index in [1.165, 1.54) is 18.2 Å². The number of nitrogens with one attached hydrogen (secondary N) is 2. The van der Waals surface area contributed by atoms with Gasteiger partial charge >= 0.3 is 6.36 Å². The molecular formula is C26H26Cl2F3N7O4. The lowest BCUT2D eigenvalue weighted by molar-refractivity contribution is -0.274. The molecule has 0 aromatic heterocycles. The highest BCUT2D eigenvalue weighted by Gasteiger charge is 2.40. The SMILES string of the molecule is CCN(C(=O)[C@H]1C[C@@H](O)CN1)C1CN(C(=Nc2cc(OC(F)(F)F)ccc2OC)NC#N)N=C1c1ccc(Cl)c(Cl)c1. The van der Waals surface area contributed by atoms with Crippen LogP contribution >= 0.6 is 23.2 Å². The number of likely N-dealkylation sites (N-methyl/N-ethyl adjacent to an activating group) is 1. The van der Waals surface area contributed by atoms with E-state index in [4.69, 9.17) is 27.9 Å². The first-order chi connectivity index (χ1) is 19.9. The number of ether oxygens (including phenoxy) is 2. The van der Waals surface area contributed by atoms with Crippen LogP contribution in [-0.4, -0.2) is 83.9 Å². The van der Waals surface area contributed by atoms with Gasteiger partial charge in [0.1, 0.15) is 17.2 Å². The molecule has 2 heterocycles. The summed E-state index contributed by atoms with van der Waals surface area (Å²) in [4.78, 5) is 19.5. The minimum atomic E-state index is -4.94. The van der Waals surface area contributed by atoms with Gasteiger partial charge in [0.05, 0.1) is 47.6 Å². The predicted molar refractivity (Wildman–Crippen MR) is 149 cm³/mol. The second-order valence-electron chi connectivity index (χ2n) is 9.24. The highest BCUT2D eigenvalue weighted by atomic mass is 35.5. The summed E-state index contributed by atoms with van der Waals surface area (Å²) >= 11 is 12.4. The molecule has 16 heteroatoms. The normalized spacial score (nSPS) is 20.6. The first kappa shape index (κ1) is 31.2. The Bertz CT molecular complexity index is 1430. The highest BCUT2D eigenvalue weighted by molar-refractivity contribution is 6.42. The van der Waals surface area contributed by atoms with Crippen molar-refractivity contribution in [1.29, 1.82) is 5.26 Å². The molecule has 4 rings (SSSR count). The number of aliphatic hydroxyl groups excluding tert-OH is 1. The van der Waals surface area contributed by atoms with Gasteiger partial charge in [-0.3, -0.25) is 10.1 Å². The molecule has 224 valence electrons. The monoisotopic (exact) mass is 627 g/mol. The van der Waals surface area contributed by atoms with Crippen LogP contribution in [0, 0.1) is 11.5 Å². The Morgan fingerprint density at radius 2 is 2.07 bits per heavy atom. The molecule has 2 aromatic rings. The van der Waals surface area contributed by atoms with Crippen LogP contribution in [0.3, 0.4) is 0 Å². The number of halogens is 5. The number of guanidine groups is 1. The number of β-amino-alcohol motifs (C(OH)–C–C–N with tert-alkyl or cyclic N) is 1. The van der Waals surface area contributed by atoms with Crippen LogP contribution in [-0.2, 0) is 4.79 Å². The Balaban J connectivity index is 1.77. The number of hydrogen-bond acceptors (Lipinski definition) is 8. The zero-order chi connectivity index (χ0) is 30.6. The van der Waals surface area contributed by atoms with Gasteiger partial charge in [0.25, 0.3) is 0 Å². The topological polar surface area (TPSA) is 135 Å². The Kier molecular flexibility index (Phi) is 9.67. The lowest BCUT2D eigenvalue weighted by atomic mass is 10.0. The Labute approximate surface area is 249 Å². The molecule has 2 aromatic carbocycles. The molecule has 1 amide bonds. The number of rotatable bonds is 7. The van der Waals surface area contributed by atoms with Crippen molar-refractivity contribution in [3.8, 4) is 17.7 Å². The standard InChI is InChI=1S/C26H26Cl2F3N7O4/c1-3-37(24(40)20-9-15(39)11-33-20)21-12-38(36-23(21)14-4-6-17(27)18(28)8-14)25(34-13-32)35-19-10-16(42-26(29,30)31)5-7-22(19)41-2/h4-8,10,15,20-21,33,39H,3,9,11-12H2,1-2H3,(H,34,35)/t15-,20-,21?/m1/s1. The fourth-order valence-electron chi connectivity index (χ4n) is 4.68. The van der Waals surface area contributed by atoms with Gasteiger partial charge in [-0.2, -0.15) is 10.4 Å². The van der Waals surface area contributed by atoms with Crippen LogP contribution < -0.4 is 20.1 Å². The van der Waals surface area contributed by atoms with Gasteiger partial charge in [-0.05, 0) is 37.6 Å². The predicted octanol–water partition coefficient (Wildman–Crippen LogP) is 3.62. The summed E-state index contributed by atoms with van der Waals surface area (Å²) < 4.78 is 47.8. The van der Waals surface area contributed by atoms with Crippen molar-refractivity contribution in [1.82, 2.24) is 20.5 Å². The maximum atomic E-state index is 13.5. The number of methoxy groups -OCH3 is 1. The Morgan fingerprint density at radius 1 is 1.31 bits per heavy atom. The molecule has 1 fully saturated rings. The van der Waals surface area contributed by atoms with E-state index >= 15 is 0 Å². The summed E-state index contributed by atoms with van der Waals surface area (Å²) in [7, 11) is 1.31. The largest absolute Gasteiger partial charge is 0.573 e. The van der Waals surface area contributed by atoms with E-state index in [9.17, 15) is 28.3 Å². The zero-order valence-corrected chi connectivity index (χ0v) is 23.8. The third kappa shape index (κ3) is 7.16. The molecular weight excluding hydrogens is 602 g/mol. The van der Waals surface area contributed by atoms with E-state index in [1.54, 1.807) is 36.2 Å². The molecule has 3 N–H and O–H groups in total. The summed E-state index contributed by atoms with van der Waals surface area (Å²) in [6.45, 7) is 2.35. The number of hydrogen-bond donors (Lipinski definition) is 3. The van der Waals surface area contributed by atoms with Gasteiger partial charge in [0.2, 0.25) is 11.9 Å². The van der Waals surface area contributed by atoms with Crippen LogP contribution in [0.15, 0.2) is 46.5 Å². The first-order valence-corrected chi connectivity index (χ1v) is 13.4. The number of aliphatic imine (C=N–C) groups is 1. The van der Waals surface area contributed by atoms with Gasteiger partial charge in [0.15, 0.2) is 6.19 Å². The summed E-state index contributed by atoms with van der Waals surface area (Å²) in [5.74, 6) is -0.869. The number of carbonyl (C=O) groups excluding carboxylic acids is 1. The minimum Gasteiger partial charge on any atom is -0.494 e. The van der Waals surface area contributed by atoms with Crippen molar-refractivity contribution in [2.24, 2.45) is 10.1 Å². The van der Waals surface area contributed by atoms with Crippen LogP contribution in [0.2, 0.25) is 10.0 Å². The number of nitrogens with zero attached hydrogens (tertiary/aromatic N) is 5. The quantitative estimate of drug-likeness (QED) is 0.183. The summed E-state index contributed by atoms with van der Waals surface area (Å²) in [6, 6.07) is 6.85. The average Bonchev–Trinajstić information content (AvgIpc) is 3.57. The molecule has 0 spiro atoms. The van der Waals surface area contributed by atoms with Gasteiger partial charge in [-0.1, -0.05) is 29.3 Å². The third-order valence-electron chi connectivity index (χ3n) is 6.53. The lowest BCUT2D eigenvalue weighted by Gasteiger charge is -2.31. The summed E-state index contributed by atoms with van der Waals surface area (Å²) in [5.41, 5.74) is 0.854. The number of benzene rings is 2. The number of amides is 1. The fraction of sp³-hybridized carbons (Fsp3) is 0.385. The number of nitriles is 1. The maximum Gasteiger partial charge on any atom is 0.573 e. The molecule has 2 aliphatic heterocycles. The zero-order valence-electron chi connectivity index (χ0n) is 22.3. The van der Waals surface area contributed by atoms with E-state index in [1.807, 2.05) is 0 Å². The van der Waals surface area contributed by atoms with Crippen LogP contribution in [0.4, 0.5) is 18.9 Å². The fourth-order valence-corrected chi connectivity index (χ4v) is 4.98. The van der Waals surface area contributed by atoms with Crippen molar-refractivity contribution in [2.75, 3.05) is 26.7 Å². The van der Waals surface area contributed by atoms with Crippen molar-refractivity contribution in [3.63, 3.8) is 0 Å². The molecule has 0 aliphatic carbocycles. The van der Waals surface area contributed by atoms with Crippen molar-refractivity contribution >= 4 is 46.5 Å². The first-order valence-electron chi connectivity index (χ1n) is 12.6. The molecule has 3 atom stereocenters. The summed E-state index contributed by atoms with van der Waals surface area (Å²) in [5, 5.41) is 31.4. The average molecular weight is 628 g/mol. The van der Waals surface area contributed by atoms with E-state index < -0.39 is 30.3 Å². The maximum absolute atomic E-state index is 13.5.